The molecule has 154 valence electrons. The standard InChI is InChI=1S/C21H15Cl3N2O3S/c22-15-2-5-17(6-3-15)30(28,29)26-10-9-13-11-14(1-8-20(13)26)21(27)25-19-7-4-16(23)12-18(19)24/h1-8,11-12H,9-10H2,(H,25,27). The van der Waals surface area contributed by atoms with Crippen molar-refractivity contribution in [3.63, 3.8) is 0 Å². The first-order valence-electron chi connectivity index (χ1n) is 8.93. The van der Waals surface area contributed by atoms with Gasteiger partial charge in [-0.2, -0.15) is 0 Å². The van der Waals surface area contributed by atoms with E-state index < -0.39 is 10.0 Å². The van der Waals surface area contributed by atoms with E-state index in [0.717, 1.165) is 5.56 Å². The molecule has 0 unspecified atom stereocenters. The van der Waals surface area contributed by atoms with Crippen molar-refractivity contribution in [3.05, 3.63) is 86.9 Å². The van der Waals surface area contributed by atoms with Gasteiger partial charge in [0.2, 0.25) is 0 Å². The van der Waals surface area contributed by atoms with Crippen molar-refractivity contribution in [2.75, 3.05) is 16.2 Å². The first kappa shape index (κ1) is 21.0. The summed E-state index contributed by atoms with van der Waals surface area (Å²) in [5, 5.41) is 4.01. The third kappa shape index (κ3) is 4.01. The molecule has 3 aromatic rings. The number of anilines is 2. The van der Waals surface area contributed by atoms with Gasteiger partial charge in [0.25, 0.3) is 15.9 Å². The number of hydrogen-bond acceptors (Lipinski definition) is 3. The highest BCUT2D eigenvalue weighted by atomic mass is 35.5. The van der Waals surface area contributed by atoms with Crippen molar-refractivity contribution in [1.82, 2.24) is 0 Å². The molecule has 0 aromatic heterocycles. The van der Waals surface area contributed by atoms with Crippen LogP contribution < -0.4 is 9.62 Å². The maximum absolute atomic E-state index is 13.0. The average Bonchev–Trinajstić information content (AvgIpc) is 3.14. The molecule has 9 heteroatoms. The number of rotatable bonds is 4. The Bertz CT molecular complexity index is 1240. The van der Waals surface area contributed by atoms with E-state index >= 15 is 0 Å². The van der Waals surface area contributed by atoms with Gasteiger partial charge in [0.05, 0.1) is 21.3 Å². The summed E-state index contributed by atoms with van der Waals surface area (Å²) in [5.41, 5.74) is 2.19. The number of fused-ring (bicyclic) bond motifs is 1. The van der Waals surface area contributed by atoms with E-state index in [0.29, 0.717) is 45.0 Å². The Morgan fingerprint density at radius 1 is 0.900 bits per heavy atom. The van der Waals surface area contributed by atoms with E-state index in [9.17, 15) is 13.2 Å². The van der Waals surface area contributed by atoms with Crippen LogP contribution in [0.4, 0.5) is 11.4 Å². The molecule has 1 N–H and O–H groups in total. The Kier molecular flexibility index (Phi) is 5.68. The Morgan fingerprint density at radius 2 is 1.60 bits per heavy atom. The molecule has 0 aliphatic carbocycles. The predicted octanol–water partition coefficient (Wildman–Crippen LogP) is 5.65. The van der Waals surface area contributed by atoms with Crippen molar-refractivity contribution in [3.8, 4) is 0 Å². The van der Waals surface area contributed by atoms with Crippen LogP contribution in [-0.2, 0) is 16.4 Å². The van der Waals surface area contributed by atoms with Gasteiger partial charge >= 0.3 is 0 Å². The van der Waals surface area contributed by atoms with Gasteiger partial charge < -0.3 is 5.32 Å². The molecule has 0 atom stereocenters. The van der Waals surface area contributed by atoms with Gasteiger partial charge in [0.1, 0.15) is 0 Å². The summed E-state index contributed by atoms with van der Waals surface area (Å²) in [4.78, 5) is 12.8. The van der Waals surface area contributed by atoms with Crippen LogP contribution in [0.5, 0.6) is 0 Å². The zero-order chi connectivity index (χ0) is 21.5. The fourth-order valence-electron chi connectivity index (χ4n) is 3.28. The molecule has 1 aliphatic heterocycles. The lowest BCUT2D eigenvalue weighted by molar-refractivity contribution is 0.102. The smallest absolute Gasteiger partial charge is 0.264 e. The van der Waals surface area contributed by atoms with Gasteiger partial charge in [-0.15, -0.1) is 0 Å². The van der Waals surface area contributed by atoms with Crippen molar-refractivity contribution in [1.29, 1.82) is 0 Å². The van der Waals surface area contributed by atoms with Gasteiger partial charge in [-0.3, -0.25) is 9.10 Å². The minimum atomic E-state index is -3.72. The Morgan fingerprint density at radius 3 is 2.30 bits per heavy atom. The maximum Gasteiger partial charge on any atom is 0.264 e. The second kappa shape index (κ2) is 8.12. The van der Waals surface area contributed by atoms with Gasteiger partial charge in [-0.1, -0.05) is 34.8 Å². The van der Waals surface area contributed by atoms with Crippen LogP contribution in [-0.4, -0.2) is 20.9 Å². The van der Waals surface area contributed by atoms with Crippen LogP contribution >= 0.6 is 34.8 Å². The summed E-state index contributed by atoms with van der Waals surface area (Å²) in [6.45, 7) is 0.300. The van der Waals surface area contributed by atoms with Crippen molar-refractivity contribution >= 4 is 62.1 Å². The molecule has 0 radical (unpaired) electrons. The van der Waals surface area contributed by atoms with Gasteiger partial charge in [0, 0.05) is 22.2 Å². The number of halogens is 3. The quantitative estimate of drug-likeness (QED) is 0.523. The number of sulfonamides is 1. The van der Waals surface area contributed by atoms with Crippen molar-refractivity contribution in [2.45, 2.75) is 11.3 Å². The van der Waals surface area contributed by atoms with Crippen LogP contribution in [0.2, 0.25) is 15.1 Å². The third-order valence-electron chi connectivity index (χ3n) is 4.78. The fraction of sp³-hybridized carbons (Fsp3) is 0.0952. The molecular weight excluding hydrogens is 467 g/mol. The van der Waals surface area contributed by atoms with E-state index in [2.05, 4.69) is 5.32 Å². The average molecular weight is 482 g/mol. The molecule has 4 rings (SSSR count). The van der Waals surface area contributed by atoms with Crippen molar-refractivity contribution in [2.24, 2.45) is 0 Å². The molecule has 3 aromatic carbocycles. The topological polar surface area (TPSA) is 66.5 Å². The number of nitrogens with zero attached hydrogens (tertiary/aromatic N) is 1. The SMILES string of the molecule is O=C(Nc1ccc(Cl)cc1Cl)c1ccc2c(c1)CCN2S(=O)(=O)c1ccc(Cl)cc1. The van der Waals surface area contributed by atoms with Gasteiger partial charge in [0.15, 0.2) is 0 Å². The second-order valence-electron chi connectivity index (χ2n) is 6.70. The van der Waals surface area contributed by atoms with E-state index in [-0.39, 0.29) is 10.8 Å². The Balaban J connectivity index is 1.59. The van der Waals surface area contributed by atoms with Crippen molar-refractivity contribution < 1.29 is 13.2 Å². The Hall–Kier alpha value is -2.25. The molecule has 0 bridgehead atoms. The van der Waals surface area contributed by atoms with E-state index in [1.165, 1.54) is 16.4 Å². The van der Waals surface area contributed by atoms with E-state index in [1.807, 2.05) is 0 Å². The summed E-state index contributed by atoms with van der Waals surface area (Å²) in [6.07, 6.45) is 0.505. The minimum absolute atomic E-state index is 0.166. The summed E-state index contributed by atoms with van der Waals surface area (Å²) >= 11 is 17.9. The molecule has 1 amide bonds. The first-order valence-corrected chi connectivity index (χ1v) is 11.5. The summed E-state index contributed by atoms with van der Waals surface area (Å²) in [7, 11) is -3.72. The molecule has 0 saturated carbocycles. The summed E-state index contributed by atoms with van der Waals surface area (Å²) in [5.74, 6) is -0.346. The van der Waals surface area contributed by atoms with Gasteiger partial charge in [-0.05, 0) is 72.6 Å². The van der Waals surface area contributed by atoms with E-state index in [1.54, 1.807) is 48.5 Å². The lowest BCUT2D eigenvalue weighted by Crippen LogP contribution is -2.29. The minimum Gasteiger partial charge on any atom is -0.321 e. The number of amides is 1. The van der Waals surface area contributed by atoms with Crippen LogP contribution in [0.3, 0.4) is 0 Å². The summed E-state index contributed by atoms with van der Waals surface area (Å²) in [6, 6.07) is 15.8. The molecule has 5 nitrogen and oxygen atoms in total. The predicted molar refractivity (Wildman–Crippen MR) is 121 cm³/mol. The normalized spacial score (nSPS) is 13.2. The molecule has 0 saturated heterocycles. The third-order valence-corrected chi connectivity index (χ3v) is 7.40. The van der Waals surface area contributed by atoms with Crippen LogP contribution in [0.25, 0.3) is 0 Å². The summed E-state index contributed by atoms with van der Waals surface area (Å²) < 4.78 is 27.4. The highest BCUT2D eigenvalue weighted by molar-refractivity contribution is 7.92. The number of hydrogen-bond donors (Lipinski definition) is 1. The number of nitrogens with one attached hydrogen (secondary N) is 1. The van der Waals surface area contributed by atoms with Crippen LogP contribution in [0, 0.1) is 0 Å². The molecular formula is C21H15Cl3N2O3S. The highest BCUT2D eigenvalue weighted by Crippen LogP contribution is 2.34. The fourth-order valence-corrected chi connectivity index (χ4v) is 5.37. The Labute approximate surface area is 189 Å². The lowest BCUT2D eigenvalue weighted by atomic mass is 10.1. The molecule has 1 aliphatic rings. The monoisotopic (exact) mass is 480 g/mol. The number of carbonyl (C=O) groups is 1. The lowest BCUT2D eigenvalue weighted by Gasteiger charge is -2.20. The molecule has 30 heavy (non-hydrogen) atoms. The molecule has 1 heterocycles. The van der Waals surface area contributed by atoms with Gasteiger partial charge in [-0.25, -0.2) is 8.42 Å². The molecule has 0 spiro atoms. The van der Waals surface area contributed by atoms with E-state index in [4.69, 9.17) is 34.8 Å². The zero-order valence-corrected chi connectivity index (χ0v) is 18.5. The zero-order valence-electron chi connectivity index (χ0n) is 15.4. The van der Waals surface area contributed by atoms with Crippen LogP contribution in [0.15, 0.2) is 65.6 Å². The first-order chi connectivity index (χ1) is 14.3. The molecule has 0 fully saturated rings. The maximum atomic E-state index is 13.0. The van der Waals surface area contributed by atoms with Crippen LogP contribution in [0.1, 0.15) is 15.9 Å². The number of carbonyl (C=O) groups excluding carboxylic acids is 1. The largest absolute Gasteiger partial charge is 0.321 e. The number of benzene rings is 3. The highest BCUT2D eigenvalue weighted by Gasteiger charge is 2.31. The second-order valence-corrected chi connectivity index (χ2v) is 9.85.